The highest BCUT2D eigenvalue weighted by atomic mass is 32.2. The van der Waals surface area contributed by atoms with Crippen LogP contribution in [0.4, 0.5) is 0 Å². The molecule has 1 fully saturated rings. The standard InChI is InChI=1S/C22H38O4SSi/c1-17-9-11-20(12-10-17)27(23)16-19-15-18(25-22(5,6)26-19)13-14-24-28(7,8)21(2,3)4/h9-12,18-19H,13-16H2,1-8H3/t18-,19-,27+/m1/s1. The van der Waals surface area contributed by atoms with Crippen molar-refractivity contribution in [3.63, 3.8) is 0 Å². The van der Waals surface area contributed by atoms with Gasteiger partial charge in [-0.15, -0.1) is 0 Å². The molecule has 1 saturated heterocycles. The first-order valence-electron chi connectivity index (χ1n) is 10.2. The molecule has 0 aliphatic carbocycles. The lowest BCUT2D eigenvalue weighted by Gasteiger charge is -2.41. The van der Waals surface area contributed by atoms with E-state index >= 15 is 0 Å². The van der Waals surface area contributed by atoms with Crippen LogP contribution in [-0.2, 0) is 24.7 Å². The van der Waals surface area contributed by atoms with Gasteiger partial charge in [-0.1, -0.05) is 38.5 Å². The quantitative estimate of drug-likeness (QED) is 0.546. The van der Waals surface area contributed by atoms with Crippen LogP contribution in [0.5, 0.6) is 0 Å². The van der Waals surface area contributed by atoms with E-state index in [9.17, 15) is 4.21 Å². The van der Waals surface area contributed by atoms with Crippen LogP contribution >= 0.6 is 0 Å². The molecule has 0 N–H and O–H groups in total. The Labute approximate surface area is 174 Å². The molecule has 4 nitrogen and oxygen atoms in total. The van der Waals surface area contributed by atoms with Crippen molar-refractivity contribution in [2.24, 2.45) is 0 Å². The van der Waals surface area contributed by atoms with Gasteiger partial charge in [0.1, 0.15) is 0 Å². The number of rotatable bonds is 7. The molecular weight excluding hydrogens is 388 g/mol. The second-order valence-electron chi connectivity index (χ2n) is 9.84. The van der Waals surface area contributed by atoms with Crippen molar-refractivity contribution in [2.75, 3.05) is 12.4 Å². The lowest BCUT2D eigenvalue weighted by molar-refractivity contribution is -0.296. The Morgan fingerprint density at radius 3 is 2.29 bits per heavy atom. The predicted octanol–water partition coefficient (Wildman–Crippen LogP) is 5.42. The Morgan fingerprint density at radius 2 is 1.71 bits per heavy atom. The summed E-state index contributed by atoms with van der Waals surface area (Å²) in [4.78, 5) is 0.858. The number of benzene rings is 1. The Kier molecular flexibility index (Phi) is 7.70. The van der Waals surface area contributed by atoms with Gasteiger partial charge < -0.3 is 13.9 Å². The highest BCUT2D eigenvalue weighted by molar-refractivity contribution is 7.85. The van der Waals surface area contributed by atoms with E-state index < -0.39 is 24.9 Å². The molecule has 28 heavy (non-hydrogen) atoms. The van der Waals surface area contributed by atoms with E-state index in [1.165, 1.54) is 5.56 Å². The van der Waals surface area contributed by atoms with Crippen LogP contribution in [0, 0.1) is 6.92 Å². The maximum absolute atomic E-state index is 12.8. The van der Waals surface area contributed by atoms with Crippen molar-refractivity contribution in [3.8, 4) is 0 Å². The largest absolute Gasteiger partial charge is 0.417 e. The fraction of sp³-hybridized carbons (Fsp3) is 0.727. The summed E-state index contributed by atoms with van der Waals surface area (Å²) in [6, 6.07) is 7.90. The van der Waals surface area contributed by atoms with Crippen LogP contribution in [-0.4, -0.2) is 42.9 Å². The topological polar surface area (TPSA) is 44.8 Å². The van der Waals surface area contributed by atoms with E-state index in [0.29, 0.717) is 12.4 Å². The van der Waals surface area contributed by atoms with Crippen molar-refractivity contribution >= 4 is 19.1 Å². The van der Waals surface area contributed by atoms with Crippen LogP contribution in [0.2, 0.25) is 18.1 Å². The average Bonchev–Trinajstić information content (AvgIpc) is 2.52. The Hall–Kier alpha value is -0.533. The summed E-state index contributed by atoms with van der Waals surface area (Å²) in [7, 11) is -2.83. The minimum atomic E-state index is -1.75. The van der Waals surface area contributed by atoms with Crippen LogP contribution in [0.25, 0.3) is 0 Å². The van der Waals surface area contributed by atoms with Crippen LogP contribution in [0.1, 0.15) is 53.0 Å². The zero-order valence-corrected chi connectivity index (χ0v) is 20.7. The van der Waals surface area contributed by atoms with Crippen LogP contribution in [0.3, 0.4) is 0 Å². The molecule has 1 aromatic carbocycles. The van der Waals surface area contributed by atoms with E-state index in [1.807, 2.05) is 45.0 Å². The number of aryl methyl sites for hydroxylation is 1. The lowest BCUT2D eigenvalue weighted by atomic mass is 10.1. The molecule has 0 aromatic heterocycles. The lowest BCUT2D eigenvalue weighted by Crippen LogP contribution is -2.47. The van der Waals surface area contributed by atoms with E-state index in [0.717, 1.165) is 17.7 Å². The fourth-order valence-corrected chi connectivity index (χ4v) is 5.35. The summed E-state index contributed by atoms with van der Waals surface area (Å²) in [5.74, 6) is -0.169. The van der Waals surface area contributed by atoms with E-state index in [2.05, 4.69) is 33.9 Å². The second kappa shape index (κ2) is 9.09. The van der Waals surface area contributed by atoms with Crippen LogP contribution < -0.4 is 0 Å². The van der Waals surface area contributed by atoms with E-state index in [1.54, 1.807) is 0 Å². The minimum Gasteiger partial charge on any atom is -0.417 e. The highest BCUT2D eigenvalue weighted by Gasteiger charge is 2.39. The van der Waals surface area contributed by atoms with Crippen molar-refractivity contribution in [1.29, 1.82) is 0 Å². The van der Waals surface area contributed by atoms with Gasteiger partial charge in [0.15, 0.2) is 14.1 Å². The predicted molar refractivity (Wildman–Crippen MR) is 119 cm³/mol. The molecule has 1 aromatic rings. The van der Waals surface area contributed by atoms with Gasteiger partial charge in [-0.3, -0.25) is 4.21 Å². The molecule has 1 aliphatic rings. The first-order valence-corrected chi connectivity index (χ1v) is 14.5. The SMILES string of the molecule is Cc1ccc([S@@](=O)C[C@H]2C[C@@H](CCO[Si](C)(C)C(C)(C)C)OC(C)(C)O2)cc1. The van der Waals surface area contributed by atoms with Gasteiger partial charge >= 0.3 is 0 Å². The third-order valence-corrected chi connectivity index (χ3v) is 11.8. The minimum absolute atomic E-state index is 0.0635. The summed E-state index contributed by atoms with van der Waals surface area (Å²) < 4.78 is 31.3. The number of ether oxygens (including phenoxy) is 2. The van der Waals surface area contributed by atoms with Gasteiger partial charge in [-0.25, -0.2) is 0 Å². The molecule has 0 spiro atoms. The van der Waals surface area contributed by atoms with Gasteiger partial charge in [-0.05, 0) is 57.5 Å². The zero-order valence-electron chi connectivity index (χ0n) is 18.8. The van der Waals surface area contributed by atoms with Gasteiger partial charge in [0.05, 0.1) is 28.8 Å². The summed E-state index contributed by atoms with van der Waals surface area (Å²) in [6.07, 6.45) is 1.58. The molecule has 1 heterocycles. The van der Waals surface area contributed by atoms with Gasteiger partial charge in [0.2, 0.25) is 0 Å². The monoisotopic (exact) mass is 426 g/mol. The third kappa shape index (κ3) is 6.77. The van der Waals surface area contributed by atoms with E-state index in [4.69, 9.17) is 13.9 Å². The number of hydrogen-bond acceptors (Lipinski definition) is 4. The molecule has 0 saturated carbocycles. The summed E-state index contributed by atoms with van der Waals surface area (Å²) in [6.45, 7) is 17.9. The maximum Gasteiger partial charge on any atom is 0.191 e. The molecule has 0 unspecified atom stereocenters. The molecule has 1 aliphatic heterocycles. The smallest absolute Gasteiger partial charge is 0.191 e. The summed E-state index contributed by atoms with van der Waals surface area (Å²) in [5, 5.41) is 0.205. The average molecular weight is 427 g/mol. The molecule has 2 rings (SSSR count). The Balaban J connectivity index is 1.93. The van der Waals surface area contributed by atoms with E-state index in [-0.39, 0.29) is 17.2 Å². The molecule has 0 radical (unpaired) electrons. The highest BCUT2D eigenvalue weighted by Crippen LogP contribution is 2.37. The molecule has 3 atom stereocenters. The molecule has 0 amide bonds. The molecule has 6 heteroatoms. The zero-order chi connectivity index (χ0) is 21.2. The summed E-state index contributed by atoms with van der Waals surface area (Å²) in [5.41, 5.74) is 1.17. The first kappa shape index (κ1) is 23.7. The molecule has 0 bridgehead atoms. The van der Waals surface area contributed by atoms with Crippen molar-refractivity contribution < 1.29 is 18.1 Å². The first-order chi connectivity index (χ1) is 12.8. The normalized spacial score (nSPS) is 24.1. The Morgan fingerprint density at radius 1 is 1.14 bits per heavy atom. The van der Waals surface area contributed by atoms with Gasteiger partial charge in [0.25, 0.3) is 0 Å². The molecular formula is C22H38O4SSi. The van der Waals surface area contributed by atoms with Gasteiger partial charge in [0, 0.05) is 17.9 Å². The maximum atomic E-state index is 12.8. The second-order valence-corrected chi connectivity index (χ2v) is 16.1. The third-order valence-electron chi connectivity index (χ3n) is 5.76. The molecule has 160 valence electrons. The number of hydrogen-bond donors (Lipinski definition) is 0. The van der Waals surface area contributed by atoms with Crippen molar-refractivity contribution in [1.82, 2.24) is 0 Å². The van der Waals surface area contributed by atoms with Crippen LogP contribution in [0.15, 0.2) is 29.2 Å². The van der Waals surface area contributed by atoms with Gasteiger partial charge in [-0.2, -0.15) is 0 Å². The fourth-order valence-electron chi connectivity index (χ4n) is 3.12. The van der Waals surface area contributed by atoms with Crippen molar-refractivity contribution in [2.45, 2.75) is 95.4 Å². The summed E-state index contributed by atoms with van der Waals surface area (Å²) >= 11 is 0. The van der Waals surface area contributed by atoms with Crippen molar-refractivity contribution in [3.05, 3.63) is 29.8 Å². The Bertz CT molecular complexity index is 664.